The van der Waals surface area contributed by atoms with Crippen molar-refractivity contribution in [2.45, 2.75) is 26.5 Å². The quantitative estimate of drug-likeness (QED) is 0.545. The Bertz CT molecular complexity index is 1160. The van der Waals surface area contributed by atoms with Crippen LogP contribution in [0.1, 0.15) is 31.0 Å². The van der Waals surface area contributed by atoms with E-state index in [4.69, 9.17) is 32.7 Å². The highest BCUT2D eigenvalue weighted by Gasteiger charge is 2.35. The largest absolute Gasteiger partial charge is 0.489 e. The lowest BCUT2D eigenvalue weighted by atomic mass is 9.95. The zero-order valence-corrected chi connectivity index (χ0v) is 18.3. The zero-order valence-electron chi connectivity index (χ0n) is 16.8. The first-order valence-corrected chi connectivity index (χ1v) is 10.3. The van der Waals surface area contributed by atoms with Gasteiger partial charge in [0.25, 0.3) is 0 Å². The second-order valence-corrected chi connectivity index (χ2v) is 7.67. The Labute approximate surface area is 188 Å². The van der Waals surface area contributed by atoms with E-state index in [0.717, 1.165) is 11.1 Å². The van der Waals surface area contributed by atoms with Crippen molar-refractivity contribution in [3.05, 3.63) is 74.9 Å². The van der Waals surface area contributed by atoms with Crippen LogP contribution in [0.25, 0.3) is 0 Å². The Balaban J connectivity index is 1.65. The molecule has 1 unspecified atom stereocenters. The van der Waals surface area contributed by atoms with Gasteiger partial charge in [0.2, 0.25) is 5.95 Å². The standard InChI is InChI=1S/C21H19Cl2N5O3/c1-3-30-20(29)18-12(2)24-21-25-26-27-28(21)19(18)13-5-4-6-16(9-13)31-11-14-7-8-15(22)10-17(14)23/h4-10,19H,3,11H2,1-2H3,(H,24,25,27). The minimum atomic E-state index is -0.562. The molecule has 0 amide bonds. The zero-order chi connectivity index (χ0) is 22.0. The fourth-order valence-corrected chi connectivity index (χ4v) is 3.83. The number of tetrazole rings is 1. The van der Waals surface area contributed by atoms with Gasteiger partial charge >= 0.3 is 5.97 Å². The summed E-state index contributed by atoms with van der Waals surface area (Å²) in [7, 11) is 0. The Kier molecular flexibility index (Phi) is 6.11. The fraction of sp³-hybridized carbons (Fsp3) is 0.238. The Hall–Kier alpha value is -3.10. The molecule has 0 saturated heterocycles. The van der Waals surface area contributed by atoms with E-state index in [1.807, 2.05) is 30.3 Å². The van der Waals surface area contributed by atoms with Crippen molar-refractivity contribution < 1.29 is 14.3 Å². The van der Waals surface area contributed by atoms with Gasteiger partial charge in [-0.3, -0.25) is 0 Å². The number of rotatable bonds is 6. The number of esters is 1. The average molecular weight is 460 g/mol. The molecule has 0 aliphatic carbocycles. The highest BCUT2D eigenvalue weighted by Crippen LogP contribution is 2.36. The fourth-order valence-electron chi connectivity index (χ4n) is 3.37. The summed E-state index contributed by atoms with van der Waals surface area (Å²) >= 11 is 12.2. The lowest BCUT2D eigenvalue weighted by molar-refractivity contribution is -0.139. The van der Waals surface area contributed by atoms with E-state index in [0.29, 0.717) is 33.0 Å². The molecule has 31 heavy (non-hydrogen) atoms. The molecular formula is C21H19Cl2N5O3. The van der Waals surface area contributed by atoms with Crippen molar-refractivity contribution >= 4 is 35.1 Å². The number of anilines is 1. The third-order valence-corrected chi connectivity index (χ3v) is 5.38. The molecule has 2 aromatic carbocycles. The number of benzene rings is 2. The lowest BCUT2D eigenvalue weighted by Crippen LogP contribution is -2.29. The summed E-state index contributed by atoms with van der Waals surface area (Å²) in [5, 5.41) is 15.9. The minimum Gasteiger partial charge on any atom is -0.489 e. The number of fused-ring (bicyclic) bond motifs is 1. The normalized spacial score (nSPS) is 15.3. The predicted molar refractivity (Wildman–Crippen MR) is 116 cm³/mol. The summed E-state index contributed by atoms with van der Waals surface area (Å²) in [5.74, 6) is 0.616. The van der Waals surface area contributed by atoms with Gasteiger partial charge in [0, 0.05) is 21.3 Å². The molecule has 0 fully saturated rings. The van der Waals surface area contributed by atoms with Gasteiger partial charge in [0.15, 0.2) is 0 Å². The summed E-state index contributed by atoms with van der Waals surface area (Å²) in [6, 6.07) is 12.1. The van der Waals surface area contributed by atoms with Crippen LogP contribution in [0, 0.1) is 0 Å². The molecule has 0 saturated carbocycles. The number of carbonyl (C=O) groups excluding carboxylic acids is 1. The van der Waals surface area contributed by atoms with Crippen LogP contribution in [0.3, 0.4) is 0 Å². The first kappa shape index (κ1) is 21.1. The van der Waals surface area contributed by atoms with Crippen LogP contribution in [0.2, 0.25) is 10.0 Å². The van der Waals surface area contributed by atoms with Crippen LogP contribution in [0.15, 0.2) is 53.7 Å². The molecule has 1 aliphatic heterocycles. The highest BCUT2D eigenvalue weighted by molar-refractivity contribution is 6.35. The number of hydrogen-bond donors (Lipinski definition) is 1. The second-order valence-electron chi connectivity index (χ2n) is 6.83. The van der Waals surface area contributed by atoms with E-state index in [9.17, 15) is 4.79 Å². The summed E-state index contributed by atoms with van der Waals surface area (Å²) in [4.78, 5) is 12.7. The Morgan fingerprint density at radius 2 is 2.06 bits per heavy atom. The number of nitrogens with zero attached hydrogens (tertiary/aromatic N) is 4. The van der Waals surface area contributed by atoms with Crippen molar-refractivity contribution in [1.29, 1.82) is 0 Å². The third-order valence-electron chi connectivity index (χ3n) is 4.79. The van der Waals surface area contributed by atoms with Gasteiger partial charge in [-0.1, -0.05) is 46.5 Å². The molecule has 3 aromatic rings. The van der Waals surface area contributed by atoms with Crippen LogP contribution >= 0.6 is 23.2 Å². The number of aromatic nitrogens is 4. The Morgan fingerprint density at radius 3 is 2.84 bits per heavy atom. The summed E-state index contributed by atoms with van der Waals surface area (Å²) < 4.78 is 12.8. The van der Waals surface area contributed by atoms with Crippen LogP contribution in [0.4, 0.5) is 5.95 Å². The van der Waals surface area contributed by atoms with Crippen molar-refractivity contribution in [1.82, 2.24) is 20.2 Å². The maximum atomic E-state index is 12.7. The van der Waals surface area contributed by atoms with Crippen LogP contribution in [-0.2, 0) is 16.1 Å². The summed E-state index contributed by atoms with van der Waals surface area (Å²) in [6.07, 6.45) is 0. The van der Waals surface area contributed by atoms with Crippen molar-refractivity contribution in [2.24, 2.45) is 0 Å². The molecule has 0 radical (unpaired) electrons. The average Bonchev–Trinajstić information content (AvgIpc) is 3.20. The van der Waals surface area contributed by atoms with Gasteiger partial charge < -0.3 is 14.8 Å². The second kappa shape index (κ2) is 8.95. The molecule has 0 bridgehead atoms. The summed E-state index contributed by atoms with van der Waals surface area (Å²) in [6.45, 7) is 4.08. The van der Waals surface area contributed by atoms with E-state index >= 15 is 0 Å². The first-order chi connectivity index (χ1) is 15.0. The number of allylic oxidation sites excluding steroid dienone is 1. The number of ether oxygens (including phenoxy) is 2. The highest BCUT2D eigenvalue weighted by atomic mass is 35.5. The molecule has 160 valence electrons. The third kappa shape index (κ3) is 4.35. The minimum absolute atomic E-state index is 0.260. The van der Waals surface area contributed by atoms with Crippen molar-refractivity contribution in [3.63, 3.8) is 0 Å². The molecule has 1 aliphatic rings. The van der Waals surface area contributed by atoms with Gasteiger partial charge in [0.1, 0.15) is 18.4 Å². The van der Waals surface area contributed by atoms with E-state index in [-0.39, 0.29) is 13.2 Å². The van der Waals surface area contributed by atoms with Gasteiger partial charge in [-0.25, -0.2) is 4.79 Å². The molecule has 1 atom stereocenters. The van der Waals surface area contributed by atoms with E-state index in [1.165, 1.54) is 0 Å². The van der Waals surface area contributed by atoms with Gasteiger partial charge in [0.05, 0.1) is 12.2 Å². The molecule has 8 nitrogen and oxygen atoms in total. The number of halogens is 2. The maximum absolute atomic E-state index is 12.7. The number of hydrogen-bond acceptors (Lipinski definition) is 7. The molecular weight excluding hydrogens is 441 g/mol. The van der Waals surface area contributed by atoms with Gasteiger partial charge in [-0.15, -0.1) is 0 Å². The molecule has 1 N–H and O–H groups in total. The summed E-state index contributed by atoms with van der Waals surface area (Å²) in [5.41, 5.74) is 2.64. The van der Waals surface area contributed by atoms with E-state index in [1.54, 1.807) is 30.7 Å². The lowest BCUT2D eigenvalue weighted by Gasteiger charge is -2.27. The SMILES string of the molecule is CCOC(=O)C1=C(C)Nc2nnnn2C1c1cccc(OCc2ccc(Cl)cc2Cl)c1. The Morgan fingerprint density at radius 1 is 1.23 bits per heavy atom. The molecule has 1 aromatic heterocycles. The molecule has 0 spiro atoms. The topological polar surface area (TPSA) is 91.2 Å². The maximum Gasteiger partial charge on any atom is 0.338 e. The number of nitrogens with one attached hydrogen (secondary N) is 1. The molecule has 10 heteroatoms. The monoisotopic (exact) mass is 459 g/mol. The smallest absolute Gasteiger partial charge is 0.338 e. The van der Waals surface area contributed by atoms with Crippen LogP contribution in [-0.4, -0.2) is 32.8 Å². The number of carbonyl (C=O) groups is 1. The van der Waals surface area contributed by atoms with Crippen LogP contribution < -0.4 is 10.1 Å². The first-order valence-electron chi connectivity index (χ1n) is 9.57. The molecule has 2 heterocycles. The van der Waals surface area contributed by atoms with E-state index < -0.39 is 12.0 Å². The predicted octanol–water partition coefficient (Wildman–Crippen LogP) is 4.41. The van der Waals surface area contributed by atoms with Crippen molar-refractivity contribution in [2.75, 3.05) is 11.9 Å². The van der Waals surface area contributed by atoms with Gasteiger partial charge in [-0.2, -0.15) is 4.68 Å². The molecule has 4 rings (SSSR count). The van der Waals surface area contributed by atoms with E-state index in [2.05, 4.69) is 20.8 Å². The van der Waals surface area contributed by atoms with Gasteiger partial charge in [-0.05, 0) is 54.1 Å². The van der Waals surface area contributed by atoms with Crippen LogP contribution in [0.5, 0.6) is 5.75 Å². The van der Waals surface area contributed by atoms with Crippen molar-refractivity contribution in [3.8, 4) is 5.75 Å².